The Labute approximate surface area is 136 Å². The van der Waals surface area contributed by atoms with E-state index in [0.717, 1.165) is 22.5 Å². The first-order chi connectivity index (χ1) is 10.2. The fraction of sp³-hybridized carbons (Fsp3) is 0.647. The number of methoxy groups -OCH3 is 1. The molecule has 3 nitrogen and oxygen atoms in total. The molecule has 0 aliphatic heterocycles. The molecular formula is C17H26BrNO2. The minimum atomic E-state index is 0.641. The third-order valence-corrected chi connectivity index (χ3v) is 4.61. The van der Waals surface area contributed by atoms with Gasteiger partial charge in [0.1, 0.15) is 0 Å². The van der Waals surface area contributed by atoms with Crippen molar-refractivity contribution in [3.63, 3.8) is 0 Å². The highest BCUT2D eigenvalue weighted by atomic mass is 79.9. The van der Waals surface area contributed by atoms with Crippen molar-refractivity contribution in [3.05, 3.63) is 22.2 Å². The third kappa shape index (κ3) is 4.89. The van der Waals surface area contributed by atoms with Crippen LogP contribution in [0, 0.1) is 0 Å². The Balaban J connectivity index is 2.02. The monoisotopic (exact) mass is 355 g/mol. The Morgan fingerprint density at radius 2 is 1.90 bits per heavy atom. The first-order valence-corrected chi connectivity index (χ1v) is 8.76. The van der Waals surface area contributed by atoms with Crippen molar-refractivity contribution in [1.82, 2.24) is 5.32 Å². The van der Waals surface area contributed by atoms with Crippen LogP contribution in [-0.2, 0) is 6.54 Å². The van der Waals surface area contributed by atoms with Crippen molar-refractivity contribution in [2.24, 2.45) is 0 Å². The number of hydrogen-bond acceptors (Lipinski definition) is 3. The molecule has 0 radical (unpaired) electrons. The van der Waals surface area contributed by atoms with E-state index in [1.54, 1.807) is 7.11 Å². The van der Waals surface area contributed by atoms with Crippen molar-refractivity contribution in [2.75, 3.05) is 13.7 Å². The summed E-state index contributed by atoms with van der Waals surface area (Å²) in [6.45, 7) is 3.51. The van der Waals surface area contributed by atoms with Gasteiger partial charge in [0.25, 0.3) is 0 Å². The summed E-state index contributed by atoms with van der Waals surface area (Å²) in [6, 6.07) is 4.85. The standard InChI is InChI=1S/C17H26BrNO2/c1-3-21-16-11-13(10-15(18)17(16)20-2)12-19-14-8-6-4-5-7-9-14/h10-11,14,19H,3-9,12H2,1-2H3. The van der Waals surface area contributed by atoms with Gasteiger partial charge in [0.15, 0.2) is 11.5 Å². The Hall–Kier alpha value is -0.740. The average molecular weight is 356 g/mol. The van der Waals surface area contributed by atoms with Crippen LogP contribution in [0.15, 0.2) is 16.6 Å². The van der Waals surface area contributed by atoms with E-state index in [2.05, 4.69) is 33.4 Å². The predicted molar refractivity (Wildman–Crippen MR) is 90.2 cm³/mol. The van der Waals surface area contributed by atoms with E-state index < -0.39 is 0 Å². The lowest BCUT2D eigenvalue weighted by Crippen LogP contribution is -2.27. The highest BCUT2D eigenvalue weighted by Gasteiger charge is 2.14. The molecule has 1 aliphatic rings. The zero-order valence-corrected chi connectivity index (χ0v) is 14.7. The summed E-state index contributed by atoms with van der Waals surface area (Å²) < 4.78 is 12.0. The fourth-order valence-electron chi connectivity index (χ4n) is 2.93. The van der Waals surface area contributed by atoms with Gasteiger partial charge in [-0.15, -0.1) is 0 Å². The van der Waals surface area contributed by atoms with Gasteiger partial charge in [-0.05, 0) is 53.4 Å². The van der Waals surface area contributed by atoms with Crippen molar-refractivity contribution >= 4 is 15.9 Å². The maximum Gasteiger partial charge on any atom is 0.174 e. The number of ether oxygens (including phenoxy) is 2. The van der Waals surface area contributed by atoms with Crippen molar-refractivity contribution in [2.45, 2.75) is 58.0 Å². The first kappa shape index (κ1) is 16.6. The van der Waals surface area contributed by atoms with E-state index in [1.165, 1.54) is 44.1 Å². The van der Waals surface area contributed by atoms with Crippen LogP contribution in [0.2, 0.25) is 0 Å². The Bertz CT molecular complexity index is 443. The molecule has 0 atom stereocenters. The molecule has 0 amide bonds. The molecule has 21 heavy (non-hydrogen) atoms. The molecule has 1 saturated carbocycles. The Morgan fingerprint density at radius 1 is 1.19 bits per heavy atom. The van der Waals surface area contributed by atoms with Gasteiger partial charge in [0, 0.05) is 12.6 Å². The second-order valence-corrected chi connectivity index (χ2v) is 6.47. The van der Waals surface area contributed by atoms with Gasteiger partial charge < -0.3 is 14.8 Å². The zero-order valence-electron chi connectivity index (χ0n) is 13.1. The molecule has 1 aromatic carbocycles. The number of benzene rings is 1. The summed E-state index contributed by atoms with van der Waals surface area (Å²) in [7, 11) is 1.67. The summed E-state index contributed by atoms with van der Waals surface area (Å²) in [5.41, 5.74) is 1.23. The molecule has 1 aliphatic carbocycles. The van der Waals surface area contributed by atoms with Crippen LogP contribution < -0.4 is 14.8 Å². The minimum Gasteiger partial charge on any atom is -0.492 e. The van der Waals surface area contributed by atoms with Gasteiger partial charge >= 0.3 is 0 Å². The van der Waals surface area contributed by atoms with Gasteiger partial charge in [-0.1, -0.05) is 25.7 Å². The number of halogens is 1. The van der Waals surface area contributed by atoms with Crippen LogP contribution in [0.5, 0.6) is 11.5 Å². The number of rotatable bonds is 6. The lowest BCUT2D eigenvalue weighted by atomic mass is 10.1. The molecule has 0 saturated heterocycles. The minimum absolute atomic E-state index is 0.641. The second-order valence-electron chi connectivity index (χ2n) is 5.61. The summed E-state index contributed by atoms with van der Waals surface area (Å²) in [5.74, 6) is 1.59. The second kappa shape index (κ2) is 8.64. The third-order valence-electron chi connectivity index (χ3n) is 4.02. The zero-order chi connectivity index (χ0) is 15.1. The quantitative estimate of drug-likeness (QED) is 0.752. The molecule has 0 heterocycles. The predicted octanol–water partition coefficient (Wildman–Crippen LogP) is 4.67. The van der Waals surface area contributed by atoms with Crippen LogP contribution in [-0.4, -0.2) is 19.8 Å². The lowest BCUT2D eigenvalue weighted by Gasteiger charge is -2.18. The SMILES string of the molecule is CCOc1cc(CNC2CCCCCC2)cc(Br)c1OC. The molecular weight excluding hydrogens is 330 g/mol. The summed E-state index contributed by atoms with van der Waals surface area (Å²) in [5, 5.41) is 3.69. The smallest absolute Gasteiger partial charge is 0.174 e. The van der Waals surface area contributed by atoms with Crippen LogP contribution in [0.25, 0.3) is 0 Å². The first-order valence-electron chi connectivity index (χ1n) is 7.97. The van der Waals surface area contributed by atoms with Crippen molar-refractivity contribution < 1.29 is 9.47 Å². The topological polar surface area (TPSA) is 30.5 Å². The molecule has 1 aromatic rings. The highest BCUT2D eigenvalue weighted by Crippen LogP contribution is 2.36. The summed E-state index contributed by atoms with van der Waals surface area (Å²) in [4.78, 5) is 0. The summed E-state index contributed by atoms with van der Waals surface area (Å²) >= 11 is 3.57. The largest absolute Gasteiger partial charge is 0.492 e. The molecule has 1 N–H and O–H groups in total. The van der Waals surface area contributed by atoms with E-state index in [-0.39, 0.29) is 0 Å². The van der Waals surface area contributed by atoms with Crippen LogP contribution in [0.1, 0.15) is 51.0 Å². The molecule has 1 fully saturated rings. The van der Waals surface area contributed by atoms with Gasteiger partial charge in [0.2, 0.25) is 0 Å². The van der Waals surface area contributed by atoms with E-state index in [1.807, 2.05) is 6.92 Å². The maximum absolute atomic E-state index is 5.68. The van der Waals surface area contributed by atoms with Crippen LogP contribution >= 0.6 is 15.9 Å². The lowest BCUT2D eigenvalue weighted by molar-refractivity contribution is 0.309. The molecule has 2 rings (SSSR count). The normalized spacial score (nSPS) is 16.5. The van der Waals surface area contributed by atoms with Crippen LogP contribution in [0.4, 0.5) is 0 Å². The van der Waals surface area contributed by atoms with Crippen LogP contribution in [0.3, 0.4) is 0 Å². The molecule has 0 bridgehead atoms. The van der Waals surface area contributed by atoms with E-state index in [4.69, 9.17) is 9.47 Å². The fourth-order valence-corrected chi connectivity index (χ4v) is 3.58. The van der Waals surface area contributed by atoms with Crippen molar-refractivity contribution in [1.29, 1.82) is 0 Å². The van der Waals surface area contributed by atoms with Gasteiger partial charge in [-0.3, -0.25) is 0 Å². The molecule has 0 unspecified atom stereocenters. The molecule has 118 valence electrons. The van der Waals surface area contributed by atoms with E-state index >= 15 is 0 Å². The molecule has 4 heteroatoms. The van der Waals surface area contributed by atoms with Gasteiger partial charge in [-0.25, -0.2) is 0 Å². The average Bonchev–Trinajstić information content (AvgIpc) is 2.74. The van der Waals surface area contributed by atoms with Crippen molar-refractivity contribution in [3.8, 4) is 11.5 Å². The Morgan fingerprint density at radius 3 is 2.52 bits per heavy atom. The maximum atomic E-state index is 5.68. The number of nitrogens with one attached hydrogen (secondary N) is 1. The molecule has 0 aromatic heterocycles. The molecule has 0 spiro atoms. The Kier molecular flexibility index (Phi) is 6.84. The van der Waals surface area contributed by atoms with E-state index in [9.17, 15) is 0 Å². The number of hydrogen-bond donors (Lipinski definition) is 1. The highest BCUT2D eigenvalue weighted by molar-refractivity contribution is 9.10. The van der Waals surface area contributed by atoms with Gasteiger partial charge in [-0.2, -0.15) is 0 Å². The van der Waals surface area contributed by atoms with E-state index in [0.29, 0.717) is 12.6 Å². The summed E-state index contributed by atoms with van der Waals surface area (Å²) in [6.07, 6.45) is 8.09. The van der Waals surface area contributed by atoms with Gasteiger partial charge in [0.05, 0.1) is 18.2 Å².